The van der Waals surface area contributed by atoms with Crippen molar-refractivity contribution < 1.29 is 19.4 Å². The lowest BCUT2D eigenvalue weighted by Crippen LogP contribution is -2.60. The van der Waals surface area contributed by atoms with Gasteiger partial charge in [-0.25, -0.2) is 0 Å². The van der Waals surface area contributed by atoms with Gasteiger partial charge in [0, 0.05) is 5.56 Å². The molecule has 0 bridgehead atoms. The number of hydrogen-bond donors (Lipinski definition) is 1. The van der Waals surface area contributed by atoms with Crippen molar-refractivity contribution in [1.29, 1.82) is 5.26 Å². The minimum absolute atomic E-state index is 0.180. The van der Waals surface area contributed by atoms with Gasteiger partial charge in [0.25, 0.3) is 0 Å². The number of nitriles is 1. The predicted octanol–water partition coefficient (Wildman–Crippen LogP) is 6.99. The van der Waals surface area contributed by atoms with Gasteiger partial charge in [0.05, 0.1) is 31.8 Å². The van der Waals surface area contributed by atoms with Crippen LogP contribution in [-0.2, 0) is 21.6 Å². The Morgan fingerprint density at radius 2 is 1.45 bits per heavy atom. The smallest absolute Gasteiger partial charge is 0.327 e. The maximum absolute atomic E-state index is 13.5. The zero-order chi connectivity index (χ0) is 27.4. The summed E-state index contributed by atoms with van der Waals surface area (Å²) in [4.78, 5) is 13.5. The van der Waals surface area contributed by atoms with Crippen molar-refractivity contribution in [2.24, 2.45) is 10.8 Å². The molecule has 0 spiro atoms. The highest BCUT2D eigenvalue weighted by atomic mass is 16.5. The summed E-state index contributed by atoms with van der Waals surface area (Å²) >= 11 is 0. The first-order valence-electron chi connectivity index (χ1n) is 12.6. The van der Waals surface area contributed by atoms with E-state index in [0.29, 0.717) is 11.3 Å². The molecule has 0 saturated carbocycles. The summed E-state index contributed by atoms with van der Waals surface area (Å²) in [6.45, 7) is 5.79. The third-order valence-electron chi connectivity index (χ3n) is 7.46. The molecule has 4 aromatic rings. The Bertz CT molecular complexity index is 1460. The van der Waals surface area contributed by atoms with Crippen LogP contribution in [0.1, 0.15) is 37.5 Å². The number of aliphatic carboxylic acids is 1. The van der Waals surface area contributed by atoms with E-state index in [1.54, 1.807) is 7.11 Å². The maximum atomic E-state index is 13.5. The highest BCUT2D eigenvalue weighted by molar-refractivity contribution is 5.91. The SMILES string of the molecule is COc1ccccc1[C@@](c1cccc2ccccc12)(C(C)(C)C)[C@](C#N)(COCc1ccccc1)C(=O)O. The Balaban J connectivity index is 2.11. The van der Waals surface area contributed by atoms with Crippen molar-refractivity contribution in [2.75, 3.05) is 13.7 Å². The molecule has 0 heterocycles. The number of nitrogens with zero attached hydrogens (tertiary/aromatic N) is 1. The second kappa shape index (κ2) is 10.7. The Hall–Kier alpha value is -4.14. The molecule has 0 aromatic heterocycles. The van der Waals surface area contributed by atoms with E-state index in [0.717, 1.165) is 21.9 Å². The fourth-order valence-electron chi connectivity index (χ4n) is 5.95. The normalized spacial score (nSPS) is 14.7. The van der Waals surface area contributed by atoms with Crippen LogP contribution < -0.4 is 4.74 Å². The molecule has 0 radical (unpaired) electrons. The summed E-state index contributed by atoms with van der Waals surface area (Å²) in [6, 6.07) is 32.9. The van der Waals surface area contributed by atoms with Crippen LogP contribution in [0.25, 0.3) is 10.8 Å². The fraction of sp³-hybridized carbons (Fsp3) is 0.273. The maximum Gasteiger partial charge on any atom is 0.327 e. The van der Waals surface area contributed by atoms with Gasteiger partial charge >= 0.3 is 5.97 Å². The van der Waals surface area contributed by atoms with E-state index in [4.69, 9.17) is 9.47 Å². The molecule has 0 saturated heterocycles. The molecule has 38 heavy (non-hydrogen) atoms. The van der Waals surface area contributed by atoms with Crippen LogP contribution in [0.4, 0.5) is 0 Å². The van der Waals surface area contributed by atoms with Gasteiger partial charge in [0.15, 0.2) is 5.41 Å². The molecule has 194 valence electrons. The first-order chi connectivity index (χ1) is 18.2. The van der Waals surface area contributed by atoms with Crippen LogP contribution in [0.15, 0.2) is 97.1 Å². The number of carboxylic acids is 1. The lowest BCUT2D eigenvalue weighted by Gasteiger charge is -2.53. The van der Waals surface area contributed by atoms with E-state index >= 15 is 0 Å². The zero-order valence-corrected chi connectivity index (χ0v) is 22.3. The van der Waals surface area contributed by atoms with Crippen molar-refractivity contribution in [2.45, 2.75) is 32.8 Å². The molecule has 0 fully saturated rings. The van der Waals surface area contributed by atoms with Crippen molar-refractivity contribution >= 4 is 16.7 Å². The Morgan fingerprint density at radius 1 is 0.842 bits per heavy atom. The number of hydrogen-bond acceptors (Lipinski definition) is 4. The third-order valence-corrected chi connectivity index (χ3v) is 7.46. The lowest BCUT2D eigenvalue weighted by atomic mass is 9.46. The zero-order valence-electron chi connectivity index (χ0n) is 22.3. The van der Waals surface area contributed by atoms with E-state index < -0.39 is 22.2 Å². The molecule has 0 amide bonds. The molecule has 4 rings (SSSR count). The quantitative estimate of drug-likeness (QED) is 0.264. The Kier molecular flexibility index (Phi) is 7.57. The summed E-state index contributed by atoms with van der Waals surface area (Å²) in [5, 5.41) is 23.8. The molecular formula is C33H33NO4. The molecule has 5 nitrogen and oxygen atoms in total. The number of benzene rings is 4. The molecule has 0 aliphatic rings. The number of carbonyl (C=O) groups is 1. The highest BCUT2D eigenvalue weighted by Crippen LogP contribution is 2.61. The average Bonchev–Trinajstić information content (AvgIpc) is 2.92. The third kappa shape index (κ3) is 4.31. The summed E-state index contributed by atoms with van der Waals surface area (Å²) in [6.07, 6.45) is 0. The molecule has 0 unspecified atom stereocenters. The largest absolute Gasteiger partial charge is 0.496 e. The van der Waals surface area contributed by atoms with Crippen LogP contribution in [0.2, 0.25) is 0 Å². The van der Waals surface area contributed by atoms with E-state index in [2.05, 4.69) is 6.07 Å². The molecule has 5 heteroatoms. The molecule has 0 aliphatic carbocycles. The summed E-state index contributed by atoms with van der Waals surface area (Å²) in [5.41, 5.74) is -1.92. The van der Waals surface area contributed by atoms with Gasteiger partial charge in [-0.15, -0.1) is 0 Å². The number of ether oxygens (including phenoxy) is 2. The van der Waals surface area contributed by atoms with Gasteiger partial charge in [0.2, 0.25) is 0 Å². The summed E-state index contributed by atoms with van der Waals surface area (Å²) in [5.74, 6) is -0.735. The Labute approximate surface area is 224 Å². The van der Waals surface area contributed by atoms with Gasteiger partial charge in [-0.1, -0.05) is 112 Å². The predicted molar refractivity (Wildman–Crippen MR) is 149 cm³/mol. The van der Waals surface area contributed by atoms with Gasteiger partial charge in [0.1, 0.15) is 5.75 Å². The second-order valence-electron chi connectivity index (χ2n) is 10.5. The van der Waals surface area contributed by atoms with Gasteiger partial charge in [-0.2, -0.15) is 5.26 Å². The van der Waals surface area contributed by atoms with E-state index in [1.165, 1.54) is 0 Å². The van der Waals surface area contributed by atoms with Crippen molar-refractivity contribution in [3.63, 3.8) is 0 Å². The topological polar surface area (TPSA) is 79.5 Å². The molecule has 4 aromatic carbocycles. The van der Waals surface area contributed by atoms with Crippen LogP contribution >= 0.6 is 0 Å². The lowest BCUT2D eigenvalue weighted by molar-refractivity contribution is -0.156. The van der Waals surface area contributed by atoms with E-state index in [1.807, 2.05) is 118 Å². The van der Waals surface area contributed by atoms with Crippen LogP contribution in [0.5, 0.6) is 5.75 Å². The van der Waals surface area contributed by atoms with Crippen molar-refractivity contribution in [3.8, 4) is 11.8 Å². The van der Waals surface area contributed by atoms with E-state index in [9.17, 15) is 15.2 Å². The molecule has 0 aliphatic heterocycles. The number of fused-ring (bicyclic) bond motifs is 1. The summed E-state index contributed by atoms with van der Waals surface area (Å²) in [7, 11) is 1.57. The molecule has 2 atom stereocenters. The second-order valence-corrected chi connectivity index (χ2v) is 10.5. The monoisotopic (exact) mass is 507 g/mol. The highest BCUT2D eigenvalue weighted by Gasteiger charge is 2.66. The summed E-state index contributed by atoms with van der Waals surface area (Å²) < 4.78 is 12.0. The van der Waals surface area contributed by atoms with E-state index in [-0.39, 0.29) is 13.2 Å². The first-order valence-corrected chi connectivity index (χ1v) is 12.6. The van der Waals surface area contributed by atoms with Gasteiger partial charge in [-0.05, 0) is 33.4 Å². The number of para-hydroxylation sites is 1. The van der Waals surface area contributed by atoms with Crippen molar-refractivity contribution in [3.05, 3.63) is 114 Å². The van der Waals surface area contributed by atoms with Gasteiger partial charge < -0.3 is 14.6 Å². The number of methoxy groups -OCH3 is 1. The average molecular weight is 508 g/mol. The van der Waals surface area contributed by atoms with Crippen molar-refractivity contribution in [1.82, 2.24) is 0 Å². The van der Waals surface area contributed by atoms with Crippen LogP contribution in [0.3, 0.4) is 0 Å². The number of carboxylic acid groups (broad SMARTS) is 1. The van der Waals surface area contributed by atoms with Crippen LogP contribution in [0, 0.1) is 22.2 Å². The minimum Gasteiger partial charge on any atom is -0.496 e. The standard InChI is InChI=1S/C33H33NO4/c1-31(2,3)33(28-18-10-11-20-29(28)37-4,27-19-12-16-25-15-8-9-17-26(25)27)32(22-34,30(35)36)23-38-21-24-13-6-5-7-14-24/h5-20H,21,23H2,1-4H3,(H,35,36)/t32-,33+/m1/s1. The Morgan fingerprint density at radius 3 is 2.11 bits per heavy atom. The minimum atomic E-state index is -2.02. The molecular weight excluding hydrogens is 474 g/mol. The molecule has 1 N–H and O–H groups in total. The van der Waals surface area contributed by atoms with Crippen LogP contribution in [-0.4, -0.2) is 24.8 Å². The fourth-order valence-corrected chi connectivity index (χ4v) is 5.95. The first kappa shape index (κ1) is 26.9. The number of rotatable bonds is 9. The van der Waals surface area contributed by atoms with Gasteiger partial charge in [-0.3, -0.25) is 4.79 Å².